The summed E-state index contributed by atoms with van der Waals surface area (Å²) >= 11 is 36.9. The number of halogens is 6. The van der Waals surface area contributed by atoms with Crippen molar-refractivity contribution in [3.63, 3.8) is 0 Å². The highest BCUT2D eigenvalue weighted by molar-refractivity contribution is 7.79. The molecule has 0 aliphatic rings. The number of rotatable bonds is 3. The van der Waals surface area contributed by atoms with Crippen molar-refractivity contribution in [3.8, 4) is 0 Å². The van der Waals surface area contributed by atoms with Gasteiger partial charge in [-0.1, -0.05) is 87.8 Å². The third-order valence-corrected chi connectivity index (χ3v) is 8.08. The first kappa shape index (κ1) is 19.6. The van der Waals surface area contributed by atoms with E-state index in [0.717, 1.165) is 15.9 Å². The fraction of sp³-hybridized carbons (Fsp3) is 0. The standard InChI is InChI=1S/C18H9Cl6P/c19-13-4-1-10(7-16(13)22)25(11-2-5-14(20)17(23)8-11)12-3-6-15(21)18(24)9-12/h1-9H. The van der Waals surface area contributed by atoms with E-state index in [2.05, 4.69) is 0 Å². The van der Waals surface area contributed by atoms with Crippen LogP contribution in [0.15, 0.2) is 54.6 Å². The van der Waals surface area contributed by atoms with E-state index in [0.29, 0.717) is 30.1 Å². The van der Waals surface area contributed by atoms with E-state index in [9.17, 15) is 0 Å². The van der Waals surface area contributed by atoms with Gasteiger partial charge in [-0.15, -0.1) is 0 Å². The molecule has 0 aliphatic heterocycles. The monoisotopic (exact) mass is 466 g/mol. The highest BCUT2D eigenvalue weighted by atomic mass is 35.5. The van der Waals surface area contributed by atoms with Crippen molar-refractivity contribution in [2.45, 2.75) is 0 Å². The van der Waals surface area contributed by atoms with Gasteiger partial charge in [0.25, 0.3) is 0 Å². The molecule has 0 unspecified atom stereocenters. The van der Waals surface area contributed by atoms with Crippen LogP contribution in [0.4, 0.5) is 0 Å². The van der Waals surface area contributed by atoms with Crippen molar-refractivity contribution in [2.24, 2.45) is 0 Å². The summed E-state index contributed by atoms with van der Waals surface area (Å²) in [6, 6.07) is 16.8. The van der Waals surface area contributed by atoms with Gasteiger partial charge in [0.1, 0.15) is 0 Å². The van der Waals surface area contributed by atoms with E-state index in [4.69, 9.17) is 69.6 Å². The van der Waals surface area contributed by atoms with Crippen molar-refractivity contribution in [2.75, 3.05) is 0 Å². The average molecular weight is 469 g/mol. The maximum absolute atomic E-state index is 6.23. The highest BCUT2D eigenvalue weighted by Gasteiger charge is 2.19. The van der Waals surface area contributed by atoms with Gasteiger partial charge in [0.05, 0.1) is 30.1 Å². The van der Waals surface area contributed by atoms with E-state index >= 15 is 0 Å². The molecule has 0 saturated carbocycles. The lowest BCUT2D eigenvalue weighted by molar-refractivity contribution is 1.73. The van der Waals surface area contributed by atoms with Crippen LogP contribution in [0.1, 0.15) is 0 Å². The fourth-order valence-corrected chi connectivity index (χ4v) is 5.78. The van der Waals surface area contributed by atoms with Crippen LogP contribution >= 0.6 is 77.5 Å². The second kappa shape index (κ2) is 8.24. The maximum atomic E-state index is 6.23. The number of benzene rings is 3. The summed E-state index contributed by atoms with van der Waals surface area (Å²) in [5, 5.41) is 6.03. The lowest BCUT2D eigenvalue weighted by atomic mass is 10.3. The van der Waals surface area contributed by atoms with Crippen LogP contribution in [0.5, 0.6) is 0 Å². The molecule has 0 nitrogen and oxygen atoms in total. The van der Waals surface area contributed by atoms with Crippen LogP contribution < -0.4 is 15.9 Å². The van der Waals surface area contributed by atoms with Gasteiger partial charge in [-0.3, -0.25) is 0 Å². The molecule has 0 fully saturated rings. The zero-order valence-corrected chi connectivity index (χ0v) is 17.8. The van der Waals surface area contributed by atoms with Gasteiger partial charge in [0.15, 0.2) is 0 Å². The normalized spacial score (nSPS) is 11.2. The quantitative estimate of drug-likeness (QED) is 0.352. The van der Waals surface area contributed by atoms with Crippen LogP contribution in [0.25, 0.3) is 0 Å². The minimum atomic E-state index is -0.961. The molecule has 0 amide bonds. The number of hydrogen-bond acceptors (Lipinski definition) is 0. The molecule has 0 atom stereocenters. The van der Waals surface area contributed by atoms with Crippen LogP contribution in [0.2, 0.25) is 30.1 Å². The van der Waals surface area contributed by atoms with E-state index in [-0.39, 0.29) is 0 Å². The Kier molecular flexibility index (Phi) is 6.45. The minimum Gasteiger partial charge on any atom is -0.0827 e. The van der Waals surface area contributed by atoms with E-state index in [1.165, 1.54) is 0 Å². The molecule has 0 radical (unpaired) electrons. The molecule has 3 aromatic carbocycles. The summed E-state index contributed by atoms with van der Waals surface area (Å²) in [4.78, 5) is 0. The number of hydrogen-bond donors (Lipinski definition) is 0. The molecular formula is C18H9Cl6P. The molecule has 7 heteroatoms. The Labute approximate surface area is 177 Å². The summed E-state index contributed by atoms with van der Waals surface area (Å²) in [7, 11) is -0.961. The second-order valence-electron chi connectivity index (χ2n) is 5.13. The third kappa shape index (κ3) is 4.40. The lowest BCUT2D eigenvalue weighted by Gasteiger charge is -2.20. The first-order chi connectivity index (χ1) is 11.9. The topological polar surface area (TPSA) is 0 Å². The van der Waals surface area contributed by atoms with Gasteiger partial charge >= 0.3 is 0 Å². The molecule has 0 aliphatic carbocycles. The largest absolute Gasteiger partial charge is 0.0827 e. The van der Waals surface area contributed by atoms with Gasteiger partial charge < -0.3 is 0 Å². The van der Waals surface area contributed by atoms with Gasteiger partial charge in [-0.25, -0.2) is 0 Å². The molecule has 25 heavy (non-hydrogen) atoms. The Morgan fingerprint density at radius 2 is 0.680 bits per heavy atom. The zero-order chi connectivity index (χ0) is 18.1. The lowest BCUT2D eigenvalue weighted by Crippen LogP contribution is -2.21. The van der Waals surface area contributed by atoms with Gasteiger partial charge in [0, 0.05) is 0 Å². The van der Waals surface area contributed by atoms with Gasteiger partial charge in [-0.05, 0) is 60.2 Å². The maximum Gasteiger partial charge on any atom is 0.0598 e. The molecule has 128 valence electrons. The third-order valence-electron chi connectivity index (χ3n) is 3.48. The Morgan fingerprint density at radius 1 is 0.400 bits per heavy atom. The molecule has 0 spiro atoms. The molecule has 3 aromatic rings. The van der Waals surface area contributed by atoms with Crippen LogP contribution in [-0.4, -0.2) is 0 Å². The van der Waals surface area contributed by atoms with E-state index < -0.39 is 7.92 Å². The van der Waals surface area contributed by atoms with Crippen molar-refractivity contribution < 1.29 is 0 Å². The molecule has 0 bridgehead atoms. The summed E-state index contributed by atoms with van der Waals surface area (Å²) in [6.07, 6.45) is 0. The molecule has 0 saturated heterocycles. The van der Waals surface area contributed by atoms with Crippen LogP contribution in [0, 0.1) is 0 Å². The van der Waals surface area contributed by atoms with Crippen molar-refractivity contribution in [3.05, 3.63) is 84.7 Å². The molecular weight excluding hydrogens is 460 g/mol. The highest BCUT2D eigenvalue weighted by Crippen LogP contribution is 2.38. The second-order valence-corrected chi connectivity index (χ2v) is 9.79. The van der Waals surface area contributed by atoms with Crippen LogP contribution in [0.3, 0.4) is 0 Å². The predicted octanol–water partition coefficient (Wildman–Crippen LogP) is 7.37. The Bertz CT molecular complexity index is 818. The molecule has 0 aromatic heterocycles. The summed E-state index contributed by atoms with van der Waals surface area (Å²) in [5.74, 6) is 0. The van der Waals surface area contributed by atoms with Crippen molar-refractivity contribution >= 4 is 93.4 Å². The first-order valence-corrected chi connectivity index (χ1v) is 10.6. The average Bonchev–Trinajstić information content (AvgIpc) is 2.57. The summed E-state index contributed by atoms with van der Waals surface area (Å²) < 4.78 is 0. The van der Waals surface area contributed by atoms with E-state index in [1.54, 1.807) is 18.2 Å². The Morgan fingerprint density at radius 3 is 0.920 bits per heavy atom. The van der Waals surface area contributed by atoms with Crippen LogP contribution in [-0.2, 0) is 0 Å². The molecule has 3 rings (SSSR count). The Hall–Kier alpha value is -0.170. The van der Waals surface area contributed by atoms with Crippen molar-refractivity contribution in [1.82, 2.24) is 0 Å². The fourth-order valence-electron chi connectivity index (χ4n) is 2.32. The zero-order valence-electron chi connectivity index (χ0n) is 12.4. The minimum absolute atomic E-state index is 0.492. The first-order valence-electron chi connectivity index (χ1n) is 7.02. The smallest absolute Gasteiger partial charge is 0.0598 e. The molecule has 0 N–H and O–H groups in total. The summed E-state index contributed by atoms with van der Waals surface area (Å²) in [6.45, 7) is 0. The summed E-state index contributed by atoms with van der Waals surface area (Å²) in [5.41, 5.74) is 0. The SMILES string of the molecule is Clc1ccc(P(c2ccc(Cl)c(Cl)c2)c2ccc(Cl)c(Cl)c2)cc1Cl. The molecule has 0 heterocycles. The van der Waals surface area contributed by atoms with Gasteiger partial charge in [0.2, 0.25) is 0 Å². The van der Waals surface area contributed by atoms with Gasteiger partial charge in [-0.2, -0.15) is 0 Å². The van der Waals surface area contributed by atoms with Crippen molar-refractivity contribution in [1.29, 1.82) is 0 Å². The predicted molar refractivity (Wildman–Crippen MR) is 115 cm³/mol. The Balaban J connectivity index is 2.21. The van der Waals surface area contributed by atoms with E-state index in [1.807, 2.05) is 36.4 Å².